The van der Waals surface area contributed by atoms with Gasteiger partial charge in [0.1, 0.15) is 0 Å². The molecule has 0 aromatic rings. The van der Waals surface area contributed by atoms with Crippen LogP contribution in [0.1, 0.15) is 27.2 Å². The maximum atomic E-state index is 5.43. The molecule has 0 aromatic heterocycles. The van der Waals surface area contributed by atoms with Gasteiger partial charge in [0.2, 0.25) is 0 Å². The fourth-order valence-corrected chi connectivity index (χ4v) is 0.951. The van der Waals surface area contributed by atoms with Crippen LogP contribution in [0.25, 0.3) is 0 Å². The van der Waals surface area contributed by atoms with Gasteiger partial charge in [-0.3, -0.25) is 0 Å². The minimum absolute atomic E-state index is 0.0450. The molecule has 0 aromatic carbocycles. The third-order valence-corrected chi connectivity index (χ3v) is 1.63. The van der Waals surface area contributed by atoms with Gasteiger partial charge in [-0.25, -0.2) is 0 Å². The van der Waals surface area contributed by atoms with E-state index >= 15 is 0 Å². The highest BCUT2D eigenvalue weighted by Gasteiger charge is 2.38. The maximum absolute atomic E-state index is 5.43. The first-order chi connectivity index (χ1) is 5.00. The van der Waals surface area contributed by atoms with E-state index in [1.54, 1.807) is 0 Å². The third-order valence-electron chi connectivity index (χ3n) is 1.63. The van der Waals surface area contributed by atoms with Gasteiger partial charge in [-0.1, -0.05) is 27.4 Å². The molecule has 1 saturated heterocycles. The van der Waals surface area contributed by atoms with Gasteiger partial charge < -0.3 is 9.31 Å². The highest BCUT2D eigenvalue weighted by Crippen LogP contribution is 2.31. The van der Waals surface area contributed by atoms with Crippen LogP contribution in [0.3, 0.4) is 0 Å². The van der Waals surface area contributed by atoms with Crippen LogP contribution in [0.2, 0.25) is 5.31 Å². The van der Waals surface area contributed by atoms with Crippen LogP contribution in [0.15, 0.2) is 12.3 Å². The molecule has 1 fully saturated rings. The number of hydrogen-bond acceptors (Lipinski definition) is 2. The summed E-state index contributed by atoms with van der Waals surface area (Å²) < 4.78 is 10.9. The molecule has 1 aliphatic heterocycles. The summed E-state index contributed by atoms with van der Waals surface area (Å²) in [5.41, 5.74) is 0. The lowest BCUT2D eigenvalue weighted by Crippen LogP contribution is -2.36. The lowest BCUT2D eigenvalue weighted by molar-refractivity contribution is 0.165. The smallest absolute Gasteiger partial charge is 0.530 e. The van der Waals surface area contributed by atoms with E-state index in [2.05, 4.69) is 27.4 Å². The van der Waals surface area contributed by atoms with Crippen LogP contribution >= 0.6 is 0 Å². The van der Waals surface area contributed by atoms with E-state index in [0.29, 0.717) is 0 Å². The Morgan fingerprint density at radius 2 is 2.09 bits per heavy atom. The summed E-state index contributed by atoms with van der Waals surface area (Å²) in [6.45, 7) is 10.8. The van der Waals surface area contributed by atoms with Crippen molar-refractivity contribution in [3.63, 3.8) is 0 Å². The van der Waals surface area contributed by atoms with Gasteiger partial charge in [0.25, 0.3) is 0 Å². The van der Waals surface area contributed by atoms with Crippen molar-refractivity contribution in [2.75, 3.05) is 6.61 Å². The van der Waals surface area contributed by atoms with Gasteiger partial charge in [-0.15, -0.1) is 0 Å². The van der Waals surface area contributed by atoms with Crippen molar-refractivity contribution in [1.82, 2.24) is 0 Å². The van der Waals surface area contributed by atoms with Crippen molar-refractivity contribution in [2.24, 2.45) is 0 Å². The molecular weight excluding hydrogens is 139 g/mol. The minimum Gasteiger partial charge on any atom is -0.539 e. The van der Waals surface area contributed by atoms with Gasteiger partial charge in [-0.2, -0.15) is 0 Å². The second-order valence-electron chi connectivity index (χ2n) is 3.98. The molecular formula is C8H15BO2. The molecule has 0 aliphatic carbocycles. The van der Waals surface area contributed by atoms with Gasteiger partial charge in [0, 0.05) is 18.3 Å². The molecule has 0 atom stereocenters. The van der Waals surface area contributed by atoms with E-state index in [4.69, 9.17) is 9.31 Å². The summed E-state index contributed by atoms with van der Waals surface area (Å²) in [5.74, 6) is 0.844. The summed E-state index contributed by atoms with van der Waals surface area (Å²) in [4.78, 5) is 0. The van der Waals surface area contributed by atoms with Crippen molar-refractivity contribution in [3.05, 3.63) is 12.3 Å². The normalized spacial score (nSPS) is 19.9. The maximum Gasteiger partial charge on any atom is 0.530 e. The van der Waals surface area contributed by atoms with E-state index in [1.807, 2.05) is 0 Å². The zero-order chi connectivity index (χ0) is 8.48. The number of hydrogen-bond donors (Lipinski definition) is 0. The molecule has 2 nitrogen and oxygen atoms in total. The molecule has 0 spiro atoms. The van der Waals surface area contributed by atoms with Crippen molar-refractivity contribution >= 4 is 7.12 Å². The zero-order valence-corrected chi connectivity index (χ0v) is 7.52. The Morgan fingerprint density at radius 3 is 2.45 bits per heavy atom. The Bertz CT molecular complexity index is 160. The Morgan fingerprint density at radius 1 is 1.45 bits per heavy atom. The highest BCUT2D eigenvalue weighted by atomic mass is 16.6. The van der Waals surface area contributed by atoms with Crippen LogP contribution in [0.5, 0.6) is 0 Å². The quantitative estimate of drug-likeness (QED) is 0.498. The summed E-state index contributed by atoms with van der Waals surface area (Å²) in [6, 6.07) is 0. The van der Waals surface area contributed by atoms with Crippen molar-refractivity contribution < 1.29 is 9.31 Å². The standard InChI is InChI=1S/C8H15BO2/c1-7-5-6-10-9(11-7)8(2,3)4/h1,5-6H2,2-4H3. The van der Waals surface area contributed by atoms with Gasteiger partial charge in [-0.05, 0) is 0 Å². The topological polar surface area (TPSA) is 18.5 Å². The van der Waals surface area contributed by atoms with Crippen LogP contribution in [-0.4, -0.2) is 13.7 Å². The third kappa shape index (κ3) is 2.26. The first kappa shape index (κ1) is 8.66. The molecule has 0 amide bonds. The zero-order valence-electron chi connectivity index (χ0n) is 7.52. The Hall–Kier alpha value is -0.435. The molecule has 0 saturated carbocycles. The largest absolute Gasteiger partial charge is 0.539 e. The molecule has 0 radical (unpaired) electrons. The van der Waals surface area contributed by atoms with E-state index < -0.39 is 0 Å². The summed E-state index contributed by atoms with van der Waals surface area (Å²) in [5, 5.41) is 0.0450. The molecule has 0 bridgehead atoms. The first-order valence-electron chi connectivity index (χ1n) is 3.96. The van der Waals surface area contributed by atoms with Crippen molar-refractivity contribution in [3.8, 4) is 0 Å². The number of rotatable bonds is 0. The second kappa shape index (κ2) is 2.90. The molecule has 1 heterocycles. The summed E-state index contributed by atoms with van der Waals surface area (Å²) in [7, 11) is -0.122. The predicted molar refractivity (Wildman–Crippen MR) is 46.3 cm³/mol. The molecule has 3 heteroatoms. The van der Waals surface area contributed by atoms with Gasteiger partial charge in [0.05, 0.1) is 5.76 Å². The average Bonchev–Trinajstić information content (AvgIpc) is 1.86. The van der Waals surface area contributed by atoms with Crippen LogP contribution in [0.4, 0.5) is 0 Å². The lowest BCUT2D eigenvalue weighted by Gasteiger charge is -2.30. The Labute approximate surface area is 68.7 Å². The van der Waals surface area contributed by atoms with Crippen LogP contribution in [-0.2, 0) is 9.31 Å². The van der Waals surface area contributed by atoms with E-state index in [9.17, 15) is 0 Å². The molecule has 0 unspecified atom stereocenters. The Kier molecular flexibility index (Phi) is 2.28. The van der Waals surface area contributed by atoms with Gasteiger partial charge >= 0.3 is 7.12 Å². The SMILES string of the molecule is C=C1CCOB(C(C)(C)C)O1. The highest BCUT2D eigenvalue weighted by molar-refractivity contribution is 6.48. The monoisotopic (exact) mass is 154 g/mol. The average molecular weight is 154 g/mol. The van der Waals surface area contributed by atoms with Crippen LogP contribution in [0, 0.1) is 0 Å². The van der Waals surface area contributed by atoms with E-state index in [1.165, 1.54) is 0 Å². The van der Waals surface area contributed by atoms with E-state index in [0.717, 1.165) is 18.8 Å². The molecule has 62 valence electrons. The van der Waals surface area contributed by atoms with Gasteiger partial charge in [0.15, 0.2) is 0 Å². The molecule has 11 heavy (non-hydrogen) atoms. The van der Waals surface area contributed by atoms with Crippen molar-refractivity contribution in [2.45, 2.75) is 32.5 Å². The van der Waals surface area contributed by atoms with Crippen LogP contribution < -0.4 is 0 Å². The summed E-state index contributed by atoms with van der Waals surface area (Å²) in [6.07, 6.45) is 0.826. The fourth-order valence-electron chi connectivity index (χ4n) is 0.951. The minimum atomic E-state index is -0.122. The molecule has 1 aliphatic rings. The Balaban J connectivity index is 2.53. The lowest BCUT2D eigenvalue weighted by atomic mass is 9.60. The van der Waals surface area contributed by atoms with E-state index in [-0.39, 0.29) is 12.4 Å². The summed E-state index contributed by atoms with van der Waals surface area (Å²) >= 11 is 0. The van der Waals surface area contributed by atoms with Crippen molar-refractivity contribution in [1.29, 1.82) is 0 Å². The first-order valence-corrected chi connectivity index (χ1v) is 3.96. The molecule has 0 N–H and O–H groups in total. The second-order valence-corrected chi connectivity index (χ2v) is 3.98. The predicted octanol–water partition coefficient (Wildman–Crippen LogP) is 2.23. The molecule has 1 rings (SSSR count). The fraction of sp³-hybridized carbons (Fsp3) is 0.750.